The number of anilines is 1. The number of rotatable bonds is 5. The minimum atomic E-state index is -3.82. The molecule has 0 radical (unpaired) electrons. The number of halogens is 1. The van der Waals surface area contributed by atoms with Crippen LogP contribution in [0.2, 0.25) is 5.02 Å². The van der Waals surface area contributed by atoms with Gasteiger partial charge in [-0.3, -0.25) is 9.29 Å². The van der Waals surface area contributed by atoms with Crippen LogP contribution in [-0.4, -0.2) is 26.1 Å². The van der Waals surface area contributed by atoms with Crippen molar-refractivity contribution in [3.8, 4) is 0 Å². The Hall–Kier alpha value is -1.87. The molecule has 0 bridgehead atoms. The van der Waals surface area contributed by atoms with E-state index in [-0.39, 0.29) is 4.90 Å². The molecular formula is C21H25ClN3O3S2+. The summed E-state index contributed by atoms with van der Waals surface area (Å²) >= 11 is 11.5. The van der Waals surface area contributed by atoms with Crippen LogP contribution in [0.4, 0.5) is 5.69 Å². The standard InChI is InChI=1S/C21H24ClN3O3S2/c1-14-9-15(2)12-24(11-14)13-25-19-8-7-16(10-20(19)28-21(25)29)30(26,27)23-18-6-4-3-5-17(18)22/h3-8,10,14-15,23H,9,11-13H2,1-2H3/p+1/t14-,15-/m1/s1. The van der Waals surface area contributed by atoms with Crippen molar-refractivity contribution in [3.05, 3.63) is 52.3 Å². The zero-order valence-electron chi connectivity index (χ0n) is 16.9. The number of nitrogens with one attached hydrogen (secondary N) is 2. The maximum absolute atomic E-state index is 12.8. The SMILES string of the molecule is C[C@@H]1C[C@@H](C)C[NH+](Cn2c(=S)oc3cc(S(=O)(=O)Nc4ccccc4Cl)ccc32)C1. The number of likely N-dealkylation sites (tertiary alicyclic amines) is 1. The van der Waals surface area contributed by atoms with Crippen molar-refractivity contribution < 1.29 is 17.7 Å². The van der Waals surface area contributed by atoms with Gasteiger partial charge in [-0.25, -0.2) is 8.42 Å². The molecule has 30 heavy (non-hydrogen) atoms. The van der Waals surface area contributed by atoms with Crippen molar-refractivity contribution in [2.75, 3.05) is 17.8 Å². The first-order valence-electron chi connectivity index (χ1n) is 9.97. The van der Waals surface area contributed by atoms with Gasteiger partial charge < -0.3 is 9.32 Å². The first-order chi connectivity index (χ1) is 14.2. The number of sulfonamides is 1. The smallest absolute Gasteiger partial charge is 0.274 e. The molecule has 4 rings (SSSR count). The van der Waals surface area contributed by atoms with E-state index in [1.54, 1.807) is 36.4 Å². The van der Waals surface area contributed by atoms with E-state index in [2.05, 4.69) is 18.6 Å². The van der Waals surface area contributed by atoms with Crippen LogP contribution in [0.5, 0.6) is 0 Å². The predicted molar refractivity (Wildman–Crippen MR) is 121 cm³/mol. The molecule has 1 aliphatic heterocycles. The van der Waals surface area contributed by atoms with Crippen LogP contribution < -0.4 is 9.62 Å². The third kappa shape index (κ3) is 4.42. The van der Waals surface area contributed by atoms with Gasteiger partial charge in [0.05, 0.1) is 34.2 Å². The fourth-order valence-electron chi connectivity index (χ4n) is 4.39. The summed E-state index contributed by atoms with van der Waals surface area (Å²) in [6.45, 7) is 7.46. The maximum Gasteiger partial charge on any atom is 0.274 e. The molecule has 0 amide bonds. The maximum atomic E-state index is 12.8. The van der Waals surface area contributed by atoms with Crippen molar-refractivity contribution >= 4 is 50.6 Å². The Morgan fingerprint density at radius 2 is 1.90 bits per heavy atom. The van der Waals surface area contributed by atoms with Crippen LogP contribution in [0, 0.1) is 16.7 Å². The molecule has 6 nitrogen and oxygen atoms in total. The summed E-state index contributed by atoms with van der Waals surface area (Å²) in [5, 5.41) is 0.332. The third-order valence-corrected chi connectivity index (χ3v) is 7.53. The van der Waals surface area contributed by atoms with Gasteiger partial charge >= 0.3 is 0 Å². The number of fused-ring (bicyclic) bond motifs is 1. The highest BCUT2D eigenvalue weighted by atomic mass is 35.5. The Labute approximate surface area is 186 Å². The molecule has 1 aliphatic rings. The van der Waals surface area contributed by atoms with Crippen molar-refractivity contribution in [2.45, 2.75) is 31.8 Å². The fraction of sp³-hybridized carbons (Fsp3) is 0.381. The molecule has 0 unspecified atom stereocenters. The molecule has 0 aliphatic carbocycles. The van der Waals surface area contributed by atoms with Gasteiger partial charge in [-0.2, -0.15) is 0 Å². The van der Waals surface area contributed by atoms with E-state index in [4.69, 9.17) is 28.2 Å². The molecule has 2 heterocycles. The van der Waals surface area contributed by atoms with Crippen LogP contribution in [0.3, 0.4) is 0 Å². The highest BCUT2D eigenvalue weighted by molar-refractivity contribution is 7.92. The summed E-state index contributed by atoms with van der Waals surface area (Å²) in [5.74, 6) is 1.34. The summed E-state index contributed by atoms with van der Waals surface area (Å²) in [7, 11) is -3.82. The molecule has 2 atom stereocenters. The number of oxazole rings is 1. The van der Waals surface area contributed by atoms with Crippen LogP contribution >= 0.6 is 23.8 Å². The minimum Gasteiger partial charge on any atom is -0.429 e. The second kappa shape index (κ2) is 8.34. The van der Waals surface area contributed by atoms with Crippen LogP contribution in [0.15, 0.2) is 51.8 Å². The first kappa shape index (κ1) is 21.4. The normalized spacial score (nSPS) is 22.3. The number of hydrogen-bond acceptors (Lipinski definition) is 4. The number of aromatic nitrogens is 1. The number of benzene rings is 2. The highest BCUT2D eigenvalue weighted by Gasteiger charge is 2.26. The zero-order chi connectivity index (χ0) is 21.5. The molecule has 3 aromatic rings. The number of hydrogen-bond donors (Lipinski definition) is 2. The molecule has 2 N–H and O–H groups in total. The summed E-state index contributed by atoms with van der Waals surface area (Å²) < 4.78 is 35.9. The third-order valence-electron chi connectivity index (χ3n) is 5.53. The van der Waals surface area contributed by atoms with E-state index in [9.17, 15) is 8.42 Å². The number of nitrogens with zero attached hydrogens (tertiary/aromatic N) is 1. The Morgan fingerprint density at radius 1 is 1.20 bits per heavy atom. The summed E-state index contributed by atoms with van der Waals surface area (Å²) in [6, 6.07) is 11.5. The largest absolute Gasteiger partial charge is 0.429 e. The molecule has 160 valence electrons. The Morgan fingerprint density at radius 3 is 2.60 bits per heavy atom. The van der Waals surface area contributed by atoms with E-state index in [0.717, 1.165) is 18.6 Å². The van der Waals surface area contributed by atoms with Gasteiger partial charge in [-0.15, -0.1) is 0 Å². The van der Waals surface area contributed by atoms with Gasteiger partial charge in [0.15, 0.2) is 12.3 Å². The topological polar surface area (TPSA) is 68.7 Å². The number of quaternary nitrogens is 1. The van der Waals surface area contributed by atoms with Gasteiger partial charge in [0.2, 0.25) is 0 Å². The van der Waals surface area contributed by atoms with Crippen LogP contribution in [0.1, 0.15) is 20.3 Å². The Bertz CT molecular complexity index is 1230. The van der Waals surface area contributed by atoms with E-state index < -0.39 is 10.0 Å². The predicted octanol–water partition coefficient (Wildman–Crippen LogP) is 3.94. The summed E-state index contributed by atoms with van der Waals surface area (Å²) in [5.41, 5.74) is 1.59. The van der Waals surface area contributed by atoms with E-state index >= 15 is 0 Å². The molecule has 2 aromatic carbocycles. The second-order valence-electron chi connectivity index (χ2n) is 8.27. The van der Waals surface area contributed by atoms with E-state index in [0.29, 0.717) is 39.6 Å². The average Bonchev–Trinajstić information content (AvgIpc) is 2.97. The molecule has 1 fully saturated rings. The molecular weight excluding hydrogens is 442 g/mol. The van der Waals surface area contributed by atoms with Gasteiger partial charge in [-0.05, 0) is 42.9 Å². The number of piperidine rings is 1. The van der Waals surface area contributed by atoms with E-state index in [1.807, 2.05) is 4.57 Å². The van der Waals surface area contributed by atoms with Crippen LogP contribution in [-0.2, 0) is 16.7 Å². The highest BCUT2D eigenvalue weighted by Crippen LogP contribution is 2.26. The Balaban J connectivity index is 1.63. The molecule has 1 aromatic heterocycles. The zero-order valence-corrected chi connectivity index (χ0v) is 19.3. The molecule has 1 saturated heterocycles. The molecule has 0 saturated carbocycles. The van der Waals surface area contributed by atoms with Gasteiger partial charge in [0, 0.05) is 17.9 Å². The van der Waals surface area contributed by atoms with Crippen molar-refractivity contribution in [3.63, 3.8) is 0 Å². The van der Waals surface area contributed by atoms with Crippen molar-refractivity contribution in [2.24, 2.45) is 11.8 Å². The van der Waals surface area contributed by atoms with Crippen molar-refractivity contribution in [1.29, 1.82) is 0 Å². The minimum absolute atomic E-state index is 0.0957. The van der Waals surface area contributed by atoms with E-state index in [1.165, 1.54) is 17.4 Å². The summed E-state index contributed by atoms with van der Waals surface area (Å²) in [6.07, 6.45) is 1.25. The van der Waals surface area contributed by atoms with Gasteiger partial charge in [-0.1, -0.05) is 37.6 Å². The van der Waals surface area contributed by atoms with Gasteiger partial charge in [0.1, 0.15) is 0 Å². The van der Waals surface area contributed by atoms with Crippen LogP contribution in [0.25, 0.3) is 11.1 Å². The van der Waals surface area contributed by atoms with Crippen molar-refractivity contribution in [1.82, 2.24) is 4.57 Å². The lowest BCUT2D eigenvalue weighted by molar-refractivity contribution is -0.934. The average molecular weight is 467 g/mol. The summed E-state index contributed by atoms with van der Waals surface area (Å²) in [4.78, 5) is 1.91. The molecule has 9 heteroatoms. The first-order valence-corrected chi connectivity index (χ1v) is 12.2. The fourth-order valence-corrected chi connectivity index (χ4v) is 5.97. The molecule has 0 spiro atoms. The quantitative estimate of drug-likeness (QED) is 0.559. The number of para-hydroxylation sites is 1. The second-order valence-corrected chi connectivity index (χ2v) is 10.7. The lowest BCUT2D eigenvalue weighted by atomic mass is 9.92. The lowest BCUT2D eigenvalue weighted by Gasteiger charge is -2.31. The monoisotopic (exact) mass is 466 g/mol. The lowest BCUT2D eigenvalue weighted by Crippen LogP contribution is -3.13. The Kier molecular flexibility index (Phi) is 5.94. The van der Waals surface area contributed by atoms with Gasteiger partial charge in [0.25, 0.3) is 14.9 Å².